The first kappa shape index (κ1) is 19.7. The Bertz CT molecular complexity index is 654. The minimum atomic E-state index is -3.73. The number of rotatable bonds is 9. The normalized spacial score (nSPS) is 17.6. The Morgan fingerprint density at radius 3 is 2.60 bits per heavy atom. The molecule has 0 aromatic heterocycles. The number of carbonyl (C=O) groups excluding carboxylic acids is 1. The summed E-state index contributed by atoms with van der Waals surface area (Å²) in [5.41, 5.74) is 0. The van der Waals surface area contributed by atoms with Crippen molar-refractivity contribution in [2.45, 2.75) is 37.7 Å². The second-order valence-electron chi connectivity index (χ2n) is 5.77. The summed E-state index contributed by atoms with van der Waals surface area (Å²) < 4.78 is 37.3. The van der Waals surface area contributed by atoms with Gasteiger partial charge in [0.1, 0.15) is 5.75 Å². The Labute approximate surface area is 149 Å². The molecule has 1 aromatic rings. The third-order valence-corrected chi connectivity index (χ3v) is 5.93. The number of hydrogen-bond donors (Lipinski definition) is 1. The van der Waals surface area contributed by atoms with Gasteiger partial charge in [-0.25, -0.2) is 8.42 Å². The Hall–Kier alpha value is -1.64. The molecular formula is C17H26N2O5S. The van der Waals surface area contributed by atoms with Gasteiger partial charge >= 0.3 is 0 Å². The van der Waals surface area contributed by atoms with Gasteiger partial charge in [0.2, 0.25) is 15.9 Å². The van der Waals surface area contributed by atoms with Crippen LogP contribution >= 0.6 is 0 Å². The maximum Gasteiger partial charge on any atom is 0.243 e. The molecule has 25 heavy (non-hydrogen) atoms. The number of benzene rings is 1. The van der Waals surface area contributed by atoms with E-state index in [1.807, 2.05) is 6.92 Å². The highest BCUT2D eigenvalue weighted by Crippen LogP contribution is 2.19. The van der Waals surface area contributed by atoms with Gasteiger partial charge in [-0.1, -0.05) is 6.92 Å². The van der Waals surface area contributed by atoms with E-state index in [0.29, 0.717) is 25.5 Å². The first-order valence-corrected chi connectivity index (χ1v) is 10.0. The van der Waals surface area contributed by atoms with Gasteiger partial charge in [0.25, 0.3) is 0 Å². The summed E-state index contributed by atoms with van der Waals surface area (Å²) in [6, 6.07) is 6.21. The van der Waals surface area contributed by atoms with E-state index in [-0.39, 0.29) is 30.0 Å². The SMILES string of the molecule is CCOc1ccc(S(=O)(=O)N(CC)CC(=O)NCC2CCCO2)cc1. The molecule has 1 fully saturated rings. The smallest absolute Gasteiger partial charge is 0.243 e. The Balaban J connectivity index is 1.97. The number of amides is 1. The van der Waals surface area contributed by atoms with Crippen LogP contribution < -0.4 is 10.1 Å². The number of sulfonamides is 1. The lowest BCUT2D eigenvalue weighted by molar-refractivity contribution is -0.121. The summed E-state index contributed by atoms with van der Waals surface area (Å²) in [6.45, 7) is 5.21. The van der Waals surface area contributed by atoms with Crippen molar-refractivity contribution in [3.63, 3.8) is 0 Å². The van der Waals surface area contributed by atoms with Crippen LogP contribution in [0.4, 0.5) is 0 Å². The van der Waals surface area contributed by atoms with Crippen molar-refractivity contribution < 1.29 is 22.7 Å². The highest BCUT2D eigenvalue weighted by atomic mass is 32.2. The Morgan fingerprint density at radius 2 is 2.04 bits per heavy atom. The van der Waals surface area contributed by atoms with Gasteiger partial charge in [0.15, 0.2) is 0 Å². The van der Waals surface area contributed by atoms with Crippen LogP contribution in [0.15, 0.2) is 29.2 Å². The van der Waals surface area contributed by atoms with Crippen molar-refractivity contribution in [2.24, 2.45) is 0 Å². The molecule has 8 heteroatoms. The van der Waals surface area contributed by atoms with Crippen molar-refractivity contribution in [1.29, 1.82) is 0 Å². The number of likely N-dealkylation sites (N-methyl/N-ethyl adjacent to an activating group) is 1. The molecule has 1 heterocycles. The van der Waals surface area contributed by atoms with Gasteiger partial charge in [-0.15, -0.1) is 0 Å². The number of ether oxygens (including phenoxy) is 2. The topological polar surface area (TPSA) is 84.9 Å². The summed E-state index contributed by atoms with van der Waals surface area (Å²) in [5.74, 6) is 0.283. The summed E-state index contributed by atoms with van der Waals surface area (Å²) in [4.78, 5) is 12.2. The van der Waals surface area contributed by atoms with Gasteiger partial charge < -0.3 is 14.8 Å². The van der Waals surface area contributed by atoms with Crippen molar-refractivity contribution in [3.8, 4) is 5.75 Å². The van der Waals surface area contributed by atoms with Gasteiger partial charge in [-0.2, -0.15) is 4.31 Å². The lowest BCUT2D eigenvalue weighted by Gasteiger charge is -2.20. The molecule has 1 aromatic carbocycles. The average Bonchev–Trinajstić information content (AvgIpc) is 3.12. The van der Waals surface area contributed by atoms with E-state index in [4.69, 9.17) is 9.47 Å². The molecule has 0 spiro atoms. The maximum absolute atomic E-state index is 12.7. The molecular weight excluding hydrogens is 344 g/mol. The number of nitrogens with one attached hydrogen (secondary N) is 1. The quantitative estimate of drug-likeness (QED) is 0.710. The molecule has 1 atom stereocenters. The number of carbonyl (C=O) groups is 1. The zero-order valence-electron chi connectivity index (χ0n) is 14.7. The van der Waals surface area contributed by atoms with Crippen molar-refractivity contribution in [2.75, 3.05) is 32.8 Å². The molecule has 1 aliphatic rings. The second-order valence-corrected chi connectivity index (χ2v) is 7.71. The maximum atomic E-state index is 12.7. The van der Waals surface area contributed by atoms with E-state index in [2.05, 4.69) is 5.32 Å². The lowest BCUT2D eigenvalue weighted by Crippen LogP contribution is -2.42. The van der Waals surface area contributed by atoms with Crippen LogP contribution in [0.5, 0.6) is 5.75 Å². The third-order valence-electron chi connectivity index (χ3n) is 4.00. The van der Waals surface area contributed by atoms with Crippen molar-refractivity contribution in [1.82, 2.24) is 9.62 Å². The summed E-state index contributed by atoms with van der Waals surface area (Å²) in [7, 11) is -3.73. The van der Waals surface area contributed by atoms with Gasteiger partial charge in [-0.3, -0.25) is 4.79 Å². The van der Waals surface area contributed by atoms with Crippen LogP contribution in [0.25, 0.3) is 0 Å². The molecule has 140 valence electrons. The van der Waals surface area contributed by atoms with Gasteiger partial charge in [0, 0.05) is 19.7 Å². The predicted octanol–water partition coefficient (Wildman–Crippen LogP) is 1.39. The zero-order valence-corrected chi connectivity index (χ0v) is 15.5. The fourth-order valence-electron chi connectivity index (χ4n) is 2.64. The zero-order chi connectivity index (χ0) is 18.3. The summed E-state index contributed by atoms with van der Waals surface area (Å²) in [6.07, 6.45) is 1.94. The van der Waals surface area contributed by atoms with Crippen LogP contribution in [0, 0.1) is 0 Å². The Kier molecular flexibility index (Phi) is 7.22. The van der Waals surface area contributed by atoms with Crippen LogP contribution in [-0.2, 0) is 19.6 Å². The highest BCUT2D eigenvalue weighted by molar-refractivity contribution is 7.89. The number of hydrogen-bond acceptors (Lipinski definition) is 5. The molecule has 0 aliphatic carbocycles. The summed E-state index contributed by atoms with van der Waals surface area (Å²) >= 11 is 0. The second kappa shape index (κ2) is 9.17. The largest absolute Gasteiger partial charge is 0.494 e. The fourth-order valence-corrected chi connectivity index (χ4v) is 4.04. The molecule has 2 rings (SSSR count). The van der Waals surface area contributed by atoms with Crippen LogP contribution in [-0.4, -0.2) is 57.6 Å². The van der Waals surface area contributed by atoms with E-state index in [0.717, 1.165) is 17.1 Å². The fraction of sp³-hybridized carbons (Fsp3) is 0.588. The summed E-state index contributed by atoms with van der Waals surface area (Å²) in [5, 5.41) is 2.75. The lowest BCUT2D eigenvalue weighted by atomic mass is 10.2. The van der Waals surface area contributed by atoms with E-state index >= 15 is 0 Å². The highest BCUT2D eigenvalue weighted by Gasteiger charge is 2.26. The molecule has 1 unspecified atom stereocenters. The van der Waals surface area contributed by atoms with E-state index < -0.39 is 10.0 Å². The molecule has 1 N–H and O–H groups in total. The monoisotopic (exact) mass is 370 g/mol. The molecule has 7 nitrogen and oxygen atoms in total. The average molecular weight is 370 g/mol. The van der Waals surface area contributed by atoms with E-state index in [1.54, 1.807) is 19.1 Å². The molecule has 1 amide bonds. The molecule has 0 radical (unpaired) electrons. The van der Waals surface area contributed by atoms with E-state index in [1.165, 1.54) is 12.1 Å². The minimum absolute atomic E-state index is 0.0294. The van der Waals surface area contributed by atoms with Crippen LogP contribution in [0.1, 0.15) is 26.7 Å². The predicted molar refractivity (Wildman–Crippen MR) is 94.0 cm³/mol. The standard InChI is InChI=1S/C17H26N2O5S/c1-3-19(13-17(20)18-12-15-6-5-11-24-15)25(21,22)16-9-7-14(8-10-16)23-4-2/h7-10,15H,3-6,11-13H2,1-2H3,(H,18,20). The minimum Gasteiger partial charge on any atom is -0.494 e. The molecule has 0 bridgehead atoms. The van der Waals surface area contributed by atoms with Crippen molar-refractivity contribution >= 4 is 15.9 Å². The van der Waals surface area contributed by atoms with Gasteiger partial charge in [-0.05, 0) is 44.0 Å². The van der Waals surface area contributed by atoms with Gasteiger partial charge in [0.05, 0.1) is 24.2 Å². The van der Waals surface area contributed by atoms with Crippen LogP contribution in [0.3, 0.4) is 0 Å². The first-order chi connectivity index (χ1) is 12.0. The van der Waals surface area contributed by atoms with E-state index in [9.17, 15) is 13.2 Å². The Morgan fingerprint density at radius 1 is 1.32 bits per heavy atom. The molecule has 1 aliphatic heterocycles. The van der Waals surface area contributed by atoms with Crippen molar-refractivity contribution in [3.05, 3.63) is 24.3 Å². The number of nitrogens with zero attached hydrogens (tertiary/aromatic N) is 1. The third kappa shape index (κ3) is 5.42. The van der Waals surface area contributed by atoms with Crippen LogP contribution in [0.2, 0.25) is 0 Å². The first-order valence-electron chi connectivity index (χ1n) is 8.58. The molecule has 0 saturated carbocycles. The molecule has 1 saturated heterocycles.